The van der Waals surface area contributed by atoms with Gasteiger partial charge < -0.3 is 19.9 Å². The van der Waals surface area contributed by atoms with Crippen LogP contribution in [0.4, 0.5) is 0 Å². The van der Waals surface area contributed by atoms with E-state index in [1.54, 1.807) is 11.3 Å². The van der Waals surface area contributed by atoms with Gasteiger partial charge in [0.25, 0.3) is 0 Å². The molecular formula is C18H30N8OS. The lowest BCUT2D eigenvalue weighted by atomic mass is 10.4. The van der Waals surface area contributed by atoms with E-state index in [4.69, 9.17) is 9.73 Å². The minimum atomic E-state index is 0.487. The van der Waals surface area contributed by atoms with E-state index < -0.39 is 0 Å². The molecule has 2 aromatic heterocycles. The summed E-state index contributed by atoms with van der Waals surface area (Å²) in [5, 5.41) is 16.3. The third-order valence-corrected chi connectivity index (χ3v) is 5.66. The summed E-state index contributed by atoms with van der Waals surface area (Å²) in [6, 6.07) is 0. The second-order valence-corrected chi connectivity index (χ2v) is 8.13. The van der Waals surface area contributed by atoms with Gasteiger partial charge in [0.1, 0.15) is 12.4 Å². The Bertz CT molecular complexity index is 765. The number of hydrogen-bond acceptors (Lipinski definition) is 7. The van der Waals surface area contributed by atoms with Gasteiger partial charge in [-0.05, 0) is 13.8 Å². The fourth-order valence-electron chi connectivity index (χ4n) is 2.87. The first-order valence-corrected chi connectivity index (χ1v) is 10.5. The Morgan fingerprint density at radius 1 is 1.21 bits per heavy atom. The Labute approximate surface area is 170 Å². The van der Waals surface area contributed by atoms with E-state index in [2.05, 4.69) is 37.6 Å². The van der Waals surface area contributed by atoms with Crippen molar-refractivity contribution in [2.24, 2.45) is 12.0 Å². The molecule has 1 fully saturated rings. The molecule has 1 saturated heterocycles. The second kappa shape index (κ2) is 10.5. The molecule has 0 aliphatic carbocycles. The number of hydrogen-bond donors (Lipinski definition) is 2. The predicted molar refractivity (Wildman–Crippen MR) is 111 cm³/mol. The van der Waals surface area contributed by atoms with Gasteiger partial charge in [0.05, 0.1) is 18.2 Å². The van der Waals surface area contributed by atoms with Crippen LogP contribution in [0.3, 0.4) is 0 Å². The molecule has 28 heavy (non-hydrogen) atoms. The first-order chi connectivity index (χ1) is 13.6. The lowest BCUT2D eigenvalue weighted by molar-refractivity contribution is 0.0389. The zero-order valence-electron chi connectivity index (χ0n) is 16.9. The lowest BCUT2D eigenvalue weighted by Crippen LogP contribution is -2.44. The molecule has 1 aliphatic rings. The Balaban J connectivity index is 1.52. The molecule has 0 bridgehead atoms. The summed E-state index contributed by atoms with van der Waals surface area (Å²) in [6.07, 6.45) is 2.80. The Hall–Kier alpha value is -2.04. The van der Waals surface area contributed by atoms with Crippen LogP contribution in [0.1, 0.15) is 21.5 Å². The molecule has 1 aliphatic heterocycles. The fraction of sp³-hybridized carbons (Fsp3) is 0.667. The van der Waals surface area contributed by atoms with Crippen LogP contribution in [0.2, 0.25) is 0 Å². The average Bonchev–Trinajstić information content (AvgIpc) is 3.26. The summed E-state index contributed by atoms with van der Waals surface area (Å²) in [5.41, 5.74) is 0. The zero-order chi connectivity index (χ0) is 19.8. The highest BCUT2D eigenvalue weighted by atomic mass is 32.1. The third kappa shape index (κ3) is 6.25. The highest BCUT2D eigenvalue weighted by molar-refractivity contribution is 7.11. The van der Waals surface area contributed by atoms with Crippen molar-refractivity contribution in [2.75, 3.05) is 45.9 Å². The van der Waals surface area contributed by atoms with Crippen molar-refractivity contribution in [3.05, 3.63) is 27.7 Å². The van der Waals surface area contributed by atoms with Gasteiger partial charge in [0, 0.05) is 57.3 Å². The summed E-state index contributed by atoms with van der Waals surface area (Å²) in [4.78, 5) is 12.8. The van der Waals surface area contributed by atoms with Crippen molar-refractivity contribution in [3.63, 3.8) is 0 Å². The maximum absolute atomic E-state index is 5.41. The molecule has 9 nitrogen and oxygen atoms in total. The number of guanidine groups is 1. The van der Waals surface area contributed by atoms with Gasteiger partial charge in [-0.3, -0.25) is 4.90 Å². The summed E-state index contributed by atoms with van der Waals surface area (Å²) in [7, 11) is 1.96. The molecule has 0 radical (unpaired) electrons. The Morgan fingerprint density at radius 2 is 2.00 bits per heavy atom. The van der Waals surface area contributed by atoms with E-state index in [1.807, 2.05) is 24.7 Å². The Morgan fingerprint density at radius 3 is 2.68 bits per heavy atom. The third-order valence-electron chi connectivity index (χ3n) is 4.69. The number of nitrogens with one attached hydrogen (secondary N) is 2. The van der Waals surface area contributed by atoms with Crippen LogP contribution in [-0.2, 0) is 24.8 Å². The van der Waals surface area contributed by atoms with Gasteiger partial charge in [0.15, 0.2) is 11.8 Å². The number of aryl methyl sites for hydroxylation is 2. The topological polar surface area (TPSA) is 92.5 Å². The van der Waals surface area contributed by atoms with Crippen LogP contribution >= 0.6 is 11.3 Å². The molecule has 0 aromatic carbocycles. The van der Waals surface area contributed by atoms with E-state index in [0.29, 0.717) is 6.54 Å². The fourth-order valence-corrected chi connectivity index (χ4v) is 3.66. The summed E-state index contributed by atoms with van der Waals surface area (Å²) in [6.45, 7) is 10.7. The molecule has 2 aromatic rings. The zero-order valence-corrected chi connectivity index (χ0v) is 17.8. The highest BCUT2D eigenvalue weighted by Gasteiger charge is 2.10. The van der Waals surface area contributed by atoms with Crippen LogP contribution in [-0.4, -0.2) is 76.5 Å². The molecule has 0 spiro atoms. The van der Waals surface area contributed by atoms with E-state index >= 15 is 0 Å². The predicted octanol–water partition coefficient (Wildman–Crippen LogP) is 0.499. The van der Waals surface area contributed by atoms with Crippen molar-refractivity contribution in [1.82, 2.24) is 35.3 Å². The van der Waals surface area contributed by atoms with Crippen LogP contribution in [0, 0.1) is 13.8 Å². The van der Waals surface area contributed by atoms with Crippen LogP contribution in [0.25, 0.3) is 0 Å². The molecule has 3 rings (SSSR count). The summed E-state index contributed by atoms with van der Waals surface area (Å²) in [5.74, 6) is 2.53. The number of aromatic nitrogens is 4. The number of aliphatic imine (C=N–C) groups is 1. The number of nitrogens with zero attached hydrogens (tertiary/aromatic N) is 6. The molecule has 0 saturated carbocycles. The van der Waals surface area contributed by atoms with Gasteiger partial charge in [-0.25, -0.2) is 9.98 Å². The minimum absolute atomic E-state index is 0.487. The standard InChI is InChI=1S/C18H30N8OS/c1-14-12-21-17(28-14)4-5-19-18(20-6-7-26-8-10-27-11-9-26)22-13-16-24-23-15(2)25(16)3/h12H,4-11,13H2,1-3H3,(H2,19,20,22). The first kappa shape index (κ1) is 20.7. The van der Waals surface area contributed by atoms with Crippen molar-refractivity contribution in [2.45, 2.75) is 26.8 Å². The monoisotopic (exact) mass is 406 g/mol. The van der Waals surface area contributed by atoms with Crippen molar-refractivity contribution in [3.8, 4) is 0 Å². The number of thiazole rings is 1. The van der Waals surface area contributed by atoms with Gasteiger partial charge in [-0.2, -0.15) is 0 Å². The molecule has 0 amide bonds. The van der Waals surface area contributed by atoms with Crippen LogP contribution in [0.15, 0.2) is 11.2 Å². The SMILES string of the molecule is Cc1cnc(CCNC(=NCc2nnc(C)n2C)NCCN2CCOCC2)s1. The molecular weight excluding hydrogens is 376 g/mol. The van der Waals surface area contributed by atoms with Gasteiger partial charge in [0.2, 0.25) is 0 Å². The minimum Gasteiger partial charge on any atom is -0.379 e. The smallest absolute Gasteiger partial charge is 0.191 e. The quantitative estimate of drug-likeness (QED) is 0.487. The molecule has 0 atom stereocenters. The number of rotatable bonds is 8. The molecule has 3 heterocycles. The molecule has 2 N–H and O–H groups in total. The van der Waals surface area contributed by atoms with E-state index in [9.17, 15) is 0 Å². The van der Waals surface area contributed by atoms with Crippen LogP contribution in [0.5, 0.6) is 0 Å². The van der Waals surface area contributed by atoms with Crippen molar-refractivity contribution in [1.29, 1.82) is 0 Å². The second-order valence-electron chi connectivity index (χ2n) is 6.81. The summed E-state index contributed by atoms with van der Waals surface area (Å²) >= 11 is 1.74. The first-order valence-electron chi connectivity index (χ1n) is 9.70. The number of morpholine rings is 1. The lowest BCUT2D eigenvalue weighted by Gasteiger charge is -2.26. The number of ether oxygens (including phenoxy) is 1. The maximum Gasteiger partial charge on any atom is 0.191 e. The largest absolute Gasteiger partial charge is 0.379 e. The average molecular weight is 407 g/mol. The van der Waals surface area contributed by atoms with Gasteiger partial charge >= 0.3 is 0 Å². The van der Waals surface area contributed by atoms with E-state index in [1.165, 1.54) is 4.88 Å². The molecule has 0 unspecified atom stereocenters. The maximum atomic E-state index is 5.41. The van der Waals surface area contributed by atoms with Crippen molar-refractivity contribution >= 4 is 17.3 Å². The highest BCUT2D eigenvalue weighted by Crippen LogP contribution is 2.10. The molecule has 10 heteroatoms. The van der Waals surface area contributed by atoms with Crippen LogP contribution < -0.4 is 10.6 Å². The van der Waals surface area contributed by atoms with Gasteiger partial charge in [-0.1, -0.05) is 0 Å². The Kier molecular flexibility index (Phi) is 7.75. The van der Waals surface area contributed by atoms with E-state index in [-0.39, 0.29) is 0 Å². The van der Waals surface area contributed by atoms with Crippen molar-refractivity contribution < 1.29 is 4.74 Å². The summed E-state index contributed by atoms with van der Waals surface area (Å²) < 4.78 is 7.37. The molecule has 154 valence electrons. The van der Waals surface area contributed by atoms with Gasteiger partial charge in [-0.15, -0.1) is 21.5 Å². The van der Waals surface area contributed by atoms with E-state index in [0.717, 1.165) is 75.0 Å². The normalized spacial score (nSPS) is 15.8.